The van der Waals surface area contributed by atoms with Crippen molar-refractivity contribution in [1.29, 1.82) is 0 Å². The Hall–Kier alpha value is -1.96. The van der Waals surface area contributed by atoms with Gasteiger partial charge in [0.25, 0.3) is 0 Å². The van der Waals surface area contributed by atoms with E-state index >= 15 is 0 Å². The van der Waals surface area contributed by atoms with E-state index in [1.807, 2.05) is 13.8 Å². The Morgan fingerprint density at radius 2 is 1.89 bits per heavy atom. The fraction of sp³-hybridized carbons (Fsp3) is 0.474. The third kappa shape index (κ3) is 5.76. The summed E-state index contributed by atoms with van der Waals surface area (Å²) in [5.74, 6) is 1.45. The van der Waals surface area contributed by atoms with Gasteiger partial charge in [0.15, 0.2) is 0 Å². The van der Waals surface area contributed by atoms with Gasteiger partial charge in [0, 0.05) is 23.3 Å². The van der Waals surface area contributed by atoms with Crippen LogP contribution in [0.25, 0.3) is 0 Å². The fourth-order valence-electron chi connectivity index (χ4n) is 2.54. The number of nitrogens with one attached hydrogen (secondary N) is 1. The number of aromatic nitrogens is 1. The van der Waals surface area contributed by atoms with Crippen LogP contribution in [0.2, 0.25) is 0 Å². The number of carbonyl (C=O) groups excluding carboxylic acids is 1. The van der Waals surface area contributed by atoms with Crippen molar-refractivity contribution in [3.05, 3.63) is 52.4 Å². The minimum absolute atomic E-state index is 0.160. The minimum Gasteiger partial charge on any atom is -0.361 e. The highest BCUT2D eigenvalue weighted by Crippen LogP contribution is 2.32. The Morgan fingerprint density at radius 3 is 2.48 bits per heavy atom. The number of amides is 1. The van der Waals surface area contributed by atoms with Gasteiger partial charge in [-0.05, 0) is 25.5 Å². The number of carbonyl (C=O) groups is 1. The van der Waals surface area contributed by atoms with Crippen molar-refractivity contribution in [3.8, 4) is 0 Å². The number of alkyl halides is 3. The monoisotopic (exact) mass is 400 g/mol. The SMILES string of the molecule is Cc1noc(C)c1CSCC(=O)NCC(C)(C)c1cccc(C(F)(F)F)c1. The van der Waals surface area contributed by atoms with Crippen LogP contribution < -0.4 is 5.32 Å². The fourth-order valence-corrected chi connectivity index (χ4v) is 3.55. The molecule has 0 bridgehead atoms. The summed E-state index contributed by atoms with van der Waals surface area (Å²) >= 11 is 1.44. The van der Waals surface area contributed by atoms with Gasteiger partial charge in [-0.2, -0.15) is 13.2 Å². The maximum atomic E-state index is 12.9. The lowest BCUT2D eigenvalue weighted by molar-refractivity contribution is -0.137. The number of halogens is 3. The van der Waals surface area contributed by atoms with Gasteiger partial charge in [0.2, 0.25) is 5.91 Å². The molecule has 0 unspecified atom stereocenters. The van der Waals surface area contributed by atoms with Gasteiger partial charge < -0.3 is 9.84 Å². The average Bonchev–Trinajstić information content (AvgIpc) is 2.91. The van der Waals surface area contributed by atoms with Crippen LogP contribution in [0.4, 0.5) is 13.2 Å². The molecule has 1 heterocycles. The summed E-state index contributed by atoms with van der Waals surface area (Å²) in [6.45, 7) is 7.54. The van der Waals surface area contributed by atoms with Crippen molar-refractivity contribution in [2.75, 3.05) is 12.3 Å². The summed E-state index contributed by atoms with van der Waals surface area (Å²) in [5.41, 5.74) is 1.02. The molecule has 1 aromatic heterocycles. The molecular formula is C19H23F3N2O2S. The number of hydrogen-bond acceptors (Lipinski definition) is 4. The highest BCUT2D eigenvalue weighted by atomic mass is 32.2. The van der Waals surface area contributed by atoms with Gasteiger partial charge in [-0.15, -0.1) is 11.8 Å². The summed E-state index contributed by atoms with van der Waals surface area (Å²) in [5, 5.41) is 6.68. The topological polar surface area (TPSA) is 55.1 Å². The third-order valence-electron chi connectivity index (χ3n) is 4.36. The first kappa shape index (κ1) is 21.3. The second-order valence-corrected chi connectivity index (χ2v) is 8.02. The number of thioether (sulfide) groups is 1. The molecule has 0 saturated carbocycles. The summed E-state index contributed by atoms with van der Waals surface area (Å²) in [4.78, 5) is 12.1. The van der Waals surface area contributed by atoms with Gasteiger partial charge in [-0.3, -0.25) is 4.79 Å². The average molecular weight is 400 g/mol. The molecule has 0 saturated heterocycles. The lowest BCUT2D eigenvalue weighted by Gasteiger charge is -2.26. The first-order valence-electron chi connectivity index (χ1n) is 8.44. The van der Waals surface area contributed by atoms with Gasteiger partial charge in [0.1, 0.15) is 5.76 Å². The van der Waals surface area contributed by atoms with Crippen molar-refractivity contribution in [2.24, 2.45) is 0 Å². The first-order chi connectivity index (χ1) is 12.5. The molecule has 0 atom stereocenters. The van der Waals surface area contributed by atoms with E-state index in [2.05, 4.69) is 10.5 Å². The third-order valence-corrected chi connectivity index (χ3v) is 5.32. The molecule has 0 aliphatic heterocycles. The molecule has 0 aliphatic carbocycles. The molecule has 27 heavy (non-hydrogen) atoms. The Labute approximate surface area is 160 Å². The van der Waals surface area contributed by atoms with Gasteiger partial charge in [-0.1, -0.05) is 37.2 Å². The zero-order chi connectivity index (χ0) is 20.2. The molecule has 1 aromatic carbocycles. The zero-order valence-corrected chi connectivity index (χ0v) is 16.6. The van der Waals surface area contributed by atoms with E-state index in [1.54, 1.807) is 19.9 Å². The van der Waals surface area contributed by atoms with Crippen LogP contribution in [0.3, 0.4) is 0 Å². The maximum absolute atomic E-state index is 12.9. The molecule has 0 spiro atoms. The van der Waals surface area contributed by atoms with Crippen LogP contribution in [0, 0.1) is 13.8 Å². The predicted octanol–water partition coefficient (Wildman–Crippen LogP) is 4.64. The maximum Gasteiger partial charge on any atom is 0.416 e. The second-order valence-electron chi connectivity index (χ2n) is 7.03. The lowest BCUT2D eigenvalue weighted by Crippen LogP contribution is -2.37. The normalized spacial score (nSPS) is 12.3. The van der Waals surface area contributed by atoms with Crippen molar-refractivity contribution < 1.29 is 22.5 Å². The predicted molar refractivity (Wildman–Crippen MR) is 99.6 cm³/mol. The Kier molecular flexibility index (Phi) is 6.62. The molecule has 0 radical (unpaired) electrons. The standard InChI is InChI=1S/C19H23F3N2O2S/c1-12-16(13(2)26-24-12)9-27-10-17(25)23-11-18(3,4)14-6-5-7-15(8-14)19(20,21)22/h5-8H,9-11H2,1-4H3,(H,23,25). The van der Waals surface area contributed by atoms with Crippen molar-refractivity contribution >= 4 is 17.7 Å². The number of aryl methyl sites for hydroxylation is 2. The molecule has 1 N–H and O–H groups in total. The largest absolute Gasteiger partial charge is 0.416 e. The van der Waals surface area contributed by atoms with E-state index in [1.165, 1.54) is 17.8 Å². The van der Waals surface area contributed by atoms with Gasteiger partial charge in [0.05, 0.1) is 17.0 Å². The molecule has 4 nitrogen and oxygen atoms in total. The molecule has 0 aliphatic rings. The molecule has 1 amide bonds. The highest BCUT2D eigenvalue weighted by molar-refractivity contribution is 7.99. The Balaban J connectivity index is 1.88. The van der Waals surface area contributed by atoms with Crippen LogP contribution in [0.5, 0.6) is 0 Å². The lowest BCUT2D eigenvalue weighted by atomic mass is 9.83. The number of rotatable bonds is 7. The smallest absolute Gasteiger partial charge is 0.361 e. The van der Waals surface area contributed by atoms with Crippen LogP contribution in [0.1, 0.15) is 42.0 Å². The quantitative estimate of drug-likeness (QED) is 0.736. The molecule has 2 aromatic rings. The summed E-state index contributed by atoms with van der Waals surface area (Å²) in [6.07, 6.45) is -4.38. The number of nitrogens with zero attached hydrogens (tertiary/aromatic N) is 1. The Bertz CT molecular complexity index is 781. The van der Waals surface area contributed by atoms with E-state index in [0.717, 1.165) is 29.2 Å². The van der Waals surface area contributed by atoms with E-state index in [4.69, 9.17) is 4.52 Å². The molecular weight excluding hydrogens is 377 g/mol. The van der Waals surface area contributed by atoms with Gasteiger partial charge in [-0.25, -0.2) is 0 Å². The van der Waals surface area contributed by atoms with E-state index in [9.17, 15) is 18.0 Å². The van der Waals surface area contributed by atoms with E-state index in [0.29, 0.717) is 11.3 Å². The van der Waals surface area contributed by atoms with Crippen molar-refractivity contribution in [2.45, 2.75) is 45.0 Å². The van der Waals surface area contributed by atoms with E-state index in [-0.39, 0.29) is 18.2 Å². The number of benzene rings is 1. The highest BCUT2D eigenvalue weighted by Gasteiger charge is 2.32. The summed E-state index contributed by atoms with van der Waals surface area (Å²) in [6, 6.07) is 5.22. The van der Waals surface area contributed by atoms with Crippen molar-refractivity contribution in [3.63, 3.8) is 0 Å². The Morgan fingerprint density at radius 1 is 1.22 bits per heavy atom. The van der Waals surface area contributed by atoms with Crippen LogP contribution in [-0.2, 0) is 22.1 Å². The number of hydrogen-bond donors (Lipinski definition) is 1. The summed E-state index contributed by atoms with van der Waals surface area (Å²) < 4.78 is 43.8. The summed E-state index contributed by atoms with van der Waals surface area (Å²) in [7, 11) is 0. The zero-order valence-electron chi connectivity index (χ0n) is 15.7. The van der Waals surface area contributed by atoms with E-state index < -0.39 is 17.2 Å². The second kappa shape index (κ2) is 8.37. The minimum atomic E-state index is -4.38. The van der Waals surface area contributed by atoms with Crippen LogP contribution in [0.15, 0.2) is 28.8 Å². The molecule has 0 fully saturated rings. The molecule has 148 valence electrons. The van der Waals surface area contributed by atoms with Crippen molar-refractivity contribution in [1.82, 2.24) is 10.5 Å². The van der Waals surface area contributed by atoms with Gasteiger partial charge >= 0.3 is 6.18 Å². The van der Waals surface area contributed by atoms with Crippen LogP contribution >= 0.6 is 11.8 Å². The first-order valence-corrected chi connectivity index (χ1v) is 9.60. The molecule has 8 heteroatoms. The van der Waals surface area contributed by atoms with Crippen LogP contribution in [-0.4, -0.2) is 23.4 Å². The molecule has 2 rings (SSSR count).